The van der Waals surface area contributed by atoms with Crippen LogP contribution >= 0.6 is 0 Å². The molecule has 0 saturated heterocycles. The van der Waals surface area contributed by atoms with Crippen LogP contribution in [-0.4, -0.2) is 37.0 Å². The number of aryl methyl sites for hydroxylation is 1. The SMILES string of the molecule is C=C(C)C(=O)OC(COCC)COc1ccc(N=Nc2ccc(C)cc2O)cc1. The quantitative estimate of drug-likeness (QED) is 0.345. The molecule has 0 aromatic heterocycles. The van der Waals surface area contributed by atoms with E-state index in [-0.39, 0.29) is 19.0 Å². The summed E-state index contributed by atoms with van der Waals surface area (Å²) in [7, 11) is 0. The number of azo groups is 1. The maximum Gasteiger partial charge on any atom is 0.333 e. The van der Waals surface area contributed by atoms with Crippen molar-refractivity contribution < 1.29 is 24.1 Å². The number of esters is 1. The number of phenols is 1. The van der Waals surface area contributed by atoms with Gasteiger partial charge in [0.05, 0.1) is 12.3 Å². The van der Waals surface area contributed by atoms with E-state index in [0.717, 1.165) is 5.56 Å². The molecule has 1 atom stereocenters. The highest BCUT2D eigenvalue weighted by molar-refractivity contribution is 5.87. The van der Waals surface area contributed by atoms with E-state index in [1.807, 2.05) is 19.9 Å². The van der Waals surface area contributed by atoms with Gasteiger partial charge in [0.2, 0.25) is 0 Å². The Morgan fingerprint density at radius 1 is 1.14 bits per heavy atom. The van der Waals surface area contributed by atoms with Crippen LogP contribution in [-0.2, 0) is 14.3 Å². The molecule has 7 heteroatoms. The number of hydrogen-bond donors (Lipinski definition) is 1. The van der Waals surface area contributed by atoms with Gasteiger partial charge in [-0.25, -0.2) is 4.79 Å². The van der Waals surface area contributed by atoms with Crippen LogP contribution in [0.15, 0.2) is 64.8 Å². The molecule has 0 spiro atoms. The minimum Gasteiger partial charge on any atom is -0.506 e. The standard InChI is InChI=1S/C22H26N2O5/c1-5-27-13-19(29-22(26)15(2)3)14-28-18-9-7-17(8-10-18)23-24-20-11-6-16(4)12-21(20)25/h6-12,19,25H,2,5,13-14H2,1,3-4H3. The van der Waals surface area contributed by atoms with E-state index in [2.05, 4.69) is 16.8 Å². The number of phenolic OH excluding ortho intramolecular Hbond substituents is 1. The summed E-state index contributed by atoms with van der Waals surface area (Å²) < 4.78 is 16.4. The van der Waals surface area contributed by atoms with Crippen LogP contribution in [0.3, 0.4) is 0 Å². The number of ether oxygens (including phenoxy) is 3. The summed E-state index contributed by atoms with van der Waals surface area (Å²) >= 11 is 0. The number of carbonyl (C=O) groups is 1. The lowest BCUT2D eigenvalue weighted by Gasteiger charge is -2.18. The normalized spacial score (nSPS) is 12.0. The van der Waals surface area contributed by atoms with Gasteiger partial charge in [-0.15, -0.1) is 5.11 Å². The van der Waals surface area contributed by atoms with Crippen molar-refractivity contribution in [3.63, 3.8) is 0 Å². The molecular weight excluding hydrogens is 372 g/mol. The third kappa shape index (κ3) is 7.38. The molecule has 2 aromatic rings. The van der Waals surface area contributed by atoms with Crippen molar-refractivity contribution >= 4 is 17.3 Å². The van der Waals surface area contributed by atoms with Crippen molar-refractivity contribution in [1.82, 2.24) is 0 Å². The molecule has 0 aliphatic heterocycles. The summed E-state index contributed by atoms with van der Waals surface area (Å²) in [6.45, 7) is 9.81. The van der Waals surface area contributed by atoms with Crippen LogP contribution < -0.4 is 4.74 Å². The summed E-state index contributed by atoms with van der Waals surface area (Å²) in [5.41, 5.74) is 2.27. The lowest BCUT2D eigenvalue weighted by Crippen LogP contribution is -2.30. The fourth-order valence-electron chi connectivity index (χ4n) is 2.25. The van der Waals surface area contributed by atoms with Crippen molar-refractivity contribution in [2.45, 2.75) is 26.9 Å². The molecule has 1 unspecified atom stereocenters. The van der Waals surface area contributed by atoms with Gasteiger partial charge in [0.15, 0.2) is 6.10 Å². The van der Waals surface area contributed by atoms with E-state index < -0.39 is 12.1 Å². The van der Waals surface area contributed by atoms with Crippen LogP contribution in [0.25, 0.3) is 0 Å². The molecule has 0 amide bonds. The number of rotatable bonds is 10. The predicted molar refractivity (Wildman–Crippen MR) is 110 cm³/mol. The first-order chi connectivity index (χ1) is 13.9. The highest BCUT2D eigenvalue weighted by Gasteiger charge is 2.16. The van der Waals surface area contributed by atoms with E-state index in [4.69, 9.17) is 14.2 Å². The molecule has 0 bridgehead atoms. The second-order valence-corrected chi connectivity index (χ2v) is 6.46. The van der Waals surface area contributed by atoms with Crippen molar-refractivity contribution in [2.75, 3.05) is 19.8 Å². The van der Waals surface area contributed by atoms with Crippen LogP contribution in [0, 0.1) is 6.92 Å². The Balaban J connectivity index is 1.95. The third-order valence-electron chi connectivity index (χ3n) is 3.81. The van der Waals surface area contributed by atoms with Gasteiger partial charge in [0, 0.05) is 12.2 Å². The molecule has 1 N–H and O–H groups in total. The Hall–Kier alpha value is -3.19. The summed E-state index contributed by atoms with van der Waals surface area (Å²) in [5.74, 6) is 0.196. The van der Waals surface area contributed by atoms with Crippen LogP contribution in [0.2, 0.25) is 0 Å². The maximum absolute atomic E-state index is 11.7. The first-order valence-corrected chi connectivity index (χ1v) is 9.27. The largest absolute Gasteiger partial charge is 0.506 e. The van der Waals surface area contributed by atoms with Crippen LogP contribution in [0.4, 0.5) is 11.4 Å². The molecule has 2 aromatic carbocycles. The monoisotopic (exact) mass is 398 g/mol. The number of carbonyl (C=O) groups excluding carboxylic acids is 1. The van der Waals surface area contributed by atoms with Gasteiger partial charge in [-0.2, -0.15) is 5.11 Å². The fourth-order valence-corrected chi connectivity index (χ4v) is 2.25. The lowest BCUT2D eigenvalue weighted by molar-refractivity contribution is -0.149. The molecule has 0 aliphatic carbocycles. The maximum atomic E-state index is 11.7. The molecule has 7 nitrogen and oxygen atoms in total. The van der Waals surface area contributed by atoms with Gasteiger partial charge >= 0.3 is 5.97 Å². The molecule has 0 radical (unpaired) electrons. The Bertz CT molecular complexity index is 862. The van der Waals surface area contributed by atoms with Gasteiger partial charge in [-0.1, -0.05) is 12.6 Å². The molecule has 2 rings (SSSR count). The van der Waals surface area contributed by atoms with E-state index >= 15 is 0 Å². The number of aromatic hydroxyl groups is 1. The zero-order valence-corrected chi connectivity index (χ0v) is 16.9. The highest BCUT2D eigenvalue weighted by Crippen LogP contribution is 2.29. The number of hydrogen-bond acceptors (Lipinski definition) is 7. The molecule has 0 saturated carbocycles. The van der Waals surface area contributed by atoms with E-state index in [1.54, 1.807) is 43.3 Å². The molecule has 0 aliphatic rings. The molecule has 154 valence electrons. The van der Waals surface area contributed by atoms with E-state index in [0.29, 0.717) is 29.3 Å². The van der Waals surface area contributed by atoms with E-state index in [1.165, 1.54) is 0 Å². The number of benzene rings is 2. The Morgan fingerprint density at radius 3 is 2.48 bits per heavy atom. The average molecular weight is 398 g/mol. The molecular formula is C22H26N2O5. The summed E-state index contributed by atoms with van der Waals surface area (Å²) in [6, 6.07) is 12.1. The second kappa shape index (κ2) is 11.0. The van der Waals surface area contributed by atoms with Gasteiger partial charge in [-0.3, -0.25) is 0 Å². The van der Waals surface area contributed by atoms with Gasteiger partial charge in [-0.05, 0) is 62.7 Å². The average Bonchev–Trinajstić information content (AvgIpc) is 2.70. The van der Waals surface area contributed by atoms with Gasteiger partial charge in [0.1, 0.15) is 23.8 Å². The minimum atomic E-state index is -0.539. The van der Waals surface area contributed by atoms with Crippen molar-refractivity contribution in [3.05, 3.63) is 60.2 Å². The Morgan fingerprint density at radius 2 is 1.86 bits per heavy atom. The van der Waals surface area contributed by atoms with Crippen molar-refractivity contribution in [1.29, 1.82) is 0 Å². The smallest absolute Gasteiger partial charge is 0.333 e. The van der Waals surface area contributed by atoms with Gasteiger partial charge in [0.25, 0.3) is 0 Å². The zero-order valence-electron chi connectivity index (χ0n) is 16.9. The first kappa shape index (κ1) is 22.1. The molecule has 29 heavy (non-hydrogen) atoms. The van der Waals surface area contributed by atoms with E-state index in [9.17, 15) is 9.90 Å². The minimum absolute atomic E-state index is 0.0818. The zero-order chi connectivity index (χ0) is 21.2. The summed E-state index contributed by atoms with van der Waals surface area (Å²) in [6.07, 6.45) is -0.539. The summed E-state index contributed by atoms with van der Waals surface area (Å²) in [4.78, 5) is 11.7. The van der Waals surface area contributed by atoms with Crippen LogP contribution in [0.5, 0.6) is 11.5 Å². The predicted octanol–water partition coefficient (Wildman–Crippen LogP) is 5.02. The fraction of sp³-hybridized carbons (Fsp3) is 0.318. The molecule has 0 heterocycles. The summed E-state index contributed by atoms with van der Waals surface area (Å²) in [5, 5.41) is 18.0. The first-order valence-electron chi connectivity index (χ1n) is 9.27. The van der Waals surface area contributed by atoms with Crippen molar-refractivity contribution in [3.8, 4) is 11.5 Å². The third-order valence-corrected chi connectivity index (χ3v) is 3.81. The van der Waals surface area contributed by atoms with Gasteiger partial charge < -0.3 is 19.3 Å². The highest BCUT2D eigenvalue weighted by atomic mass is 16.6. The topological polar surface area (TPSA) is 89.7 Å². The Kier molecular flexibility index (Phi) is 8.36. The van der Waals surface area contributed by atoms with Crippen LogP contribution in [0.1, 0.15) is 19.4 Å². The Labute approximate surface area is 170 Å². The number of nitrogens with zero attached hydrogens (tertiary/aromatic N) is 2. The second-order valence-electron chi connectivity index (χ2n) is 6.46. The van der Waals surface area contributed by atoms with Crippen molar-refractivity contribution in [2.24, 2.45) is 10.2 Å². The molecule has 0 fully saturated rings. The lowest BCUT2D eigenvalue weighted by atomic mass is 10.2.